The number of Topliss-reactive ketones (excluding diaryl/α,β-unsaturated/α-hetero) is 2. The SMILES string of the molecule is CN(C)c1cc(CNc2nc(C(F)(F)F)co2)c(O)c2c1C[C@@H]1C[C@H]3C(N(C)C)C(=O)C(C(N)=O)=C(O)[C@]3(O)C(=O)C1=C2O. The summed E-state index contributed by atoms with van der Waals surface area (Å²) in [6, 6.07) is -0.140. The summed E-state index contributed by atoms with van der Waals surface area (Å²) < 4.78 is 43.6. The fraction of sp³-hybridized carbons (Fsp3) is 0.429. The minimum Gasteiger partial charge on any atom is -0.508 e. The van der Waals surface area contributed by atoms with E-state index in [1.54, 1.807) is 25.1 Å². The highest BCUT2D eigenvalue weighted by molar-refractivity contribution is 6.24. The number of likely N-dealkylation sites (N-methyl/N-ethyl adjacent to an activating group) is 1. The highest BCUT2D eigenvalue weighted by Crippen LogP contribution is 2.54. The number of carbonyl (C=O) groups is 3. The number of halogens is 3. The first-order valence-corrected chi connectivity index (χ1v) is 13.4. The van der Waals surface area contributed by atoms with Gasteiger partial charge in [0.25, 0.3) is 11.9 Å². The van der Waals surface area contributed by atoms with Crippen LogP contribution in [0.1, 0.15) is 28.8 Å². The number of aliphatic hydroxyl groups is 3. The summed E-state index contributed by atoms with van der Waals surface area (Å²) in [5.74, 6) is -7.75. The summed E-state index contributed by atoms with van der Waals surface area (Å²) in [6.45, 7) is -0.304. The molecule has 16 heteroatoms. The number of carbonyl (C=O) groups excluding carboxylic acids is 3. The Kier molecular flexibility index (Phi) is 7.20. The number of fused-ring (bicyclic) bond motifs is 3. The van der Waals surface area contributed by atoms with Crippen LogP contribution >= 0.6 is 0 Å². The van der Waals surface area contributed by atoms with Crippen molar-refractivity contribution in [3.05, 3.63) is 51.6 Å². The average molecular weight is 622 g/mol. The summed E-state index contributed by atoms with van der Waals surface area (Å²) in [5, 5.41) is 48.1. The molecule has 0 bridgehead atoms. The Morgan fingerprint density at radius 1 is 1.20 bits per heavy atom. The molecule has 1 saturated carbocycles. The molecule has 1 heterocycles. The van der Waals surface area contributed by atoms with Crippen molar-refractivity contribution < 1.29 is 52.4 Å². The first-order chi connectivity index (χ1) is 20.4. The van der Waals surface area contributed by atoms with Gasteiger partial charge >= 0.3 is 6.18 Å². The van der Waals surface area contributed by atoms with Crippen molar-refractivity contribution in [3.8, 4) is 5.75 Å². The highest BCUT2D eigenvalue weighted by Gasteiger charge is 2.64. The zero-order valence-corrected chi connectivity index (χ0v) is 24.0. The molecular formula is C28H30F3N5O8. The van der Waals surface area contributed by atoms with Gasteiger partial charge in [0.1, 0.15) is 29.1 Å². The molecular weight excluding hydrogens is 591 g/mol. The van der Waals surface area contributed by atoms with Crippen LogP contribution in [0, 0.1) is 11.8 Å². The molecule has 13 nitrogen and oxygen atoms in total. The third-order valence-electron chi connectivity index (χ3n) is 8.48. The summed E-state index contributed by atoms with van der Waals surface area (Å²) >= 11 is 0. The minimum absolute atomic E-state index is 0.0675. The van der Waals surface area contributed by atoms with Crippen LogP contribution in [0.5, 0.6) is 5.75 Å². The quantitative estimate of drug-likeness (QED) is 0.255. The number of hydrogen-bond acceptors (Lipinski definition) is 12. The number of phenolic OH excluding ortho intramolecular Hbond substituents is 1. The smallest absolute Gasteiger partial charge is 0.436 e. The number of amides is 1. The second-order valence-corrected chi connectivity index (χ2v) is 11.5. The van der Waals surface area contributed by atoms with Crippen molar-refractivity contribution in [2.24, 2.45) is 17.6 Å². The Bertz CT molecular complexity index is 1660. The number of primary amides is 1. The van der Waals surface area contributed by atoms with Gasteiger partial charge in [0.15, 0.2) is 17.1 Å². The molecule has 4 atom stereocenters. The standard InChI is InChI=1S/C28H30F3N5O8/c1-35(2)14-7-11(8-33-26-34-15(9-44-26)28(29,30)31)20(37)17-12(14)5-10-6-13-19(36(3)4)22(39)18(25(32)42)24(41)27(13,43)23(40)16(10)21(17)38/h7,9-10,13,19,37-38,41,43H,5-6,8H2,1-4H3,(H2,32,42)(H,33,34)/t10-,13+,19?,27-/m1/s1. The lowest BCUT2D eigenvalue weighted by Gasteiger charge is -2.50. The molecule has 3 aliphatic rings. The number of phenols is 1. The zero-order valence-electron chi connectivity index (χ0n) is 24.0. The van der Waals surface area contributed by atoms with Crippen LogP contribution in [0.4, 0.5) is 24.9 Å². The van der Waals surface area contributed by atoms with Crippen LogP contribution in [0.3, 0.4) is 0 Å². The maximum atomic E-state index is 14.0. The third kappa shape index (κ3) is 4.47. The van der Waals surface area contributed by atoms with Gasteiger partial charge in [-0.15, -0.1) is 0 Å². The molecule has 0 saturated heterocycles. The van der Waals surface area contributed by atoms with E-state index in [9.17, 15) is 48.0 Å². The molecule has 1 unspecified atom stereocenters. The van der Waals surface area contributed by atoms with E-state index >= 15 is 0 Å². The number of rotatable bonds is 6. The van der Waals surface area contributed by atoms with Gasteiger partial charge in [-0.1, -0.05) is 0 Å². The first kappa shape index (κ1) is 30.9. The van der Waals surface area contributed by atoms with Crippen molar-refractivity contribution in [1.82, 2.24) is 9.88 Å². The molecule has 1 aromatic carbocycles. The Labute approximate surface area is 248 Å². The number of alkyl halides is 3. The van der Waals surface area contributed by atoms with E-state index in [1.807, 2.05) is 0 Å². The van der Waals surface area contributed by atoms with Crippen LogP contribution in [-0.2, 0) is 33.5 Å². The van der Waals surface area contributed by atoms with Gasteiger partial charge in [-0.2, -0.15) is 18.2 Å². The van der Waals surface area contributed by atoms with E-state index in [4.69, 9.17) is 10.2 Å². The van der Waals surface area contributed by atoms with E-state index in [0.717, 1.165) is 0 Å². The molecule has 1 aromatic heterocycles. The molecule has 7 N–H and O–H groups in total. The van der Waals surface area contributed by atoms with E-state index in [-0.39, 0.29) is 36.1 Å². The molecule has 2 aromatic rings. The molecule has 3 aliphatic carbocycles. The summed E-state index contributed by atoms with van der Waals surface area (Å²) in [7, 11) is 6.39. The number of hydrogen-bond donors (Lipinski definition) is 6. The van der Waals surface area contributed by atoms with Gasteiger partial charge in [-0.05, 0) is 44.5 Å². The van der Waals surface area contributed by atoms with Crippen molar-refractivity contribution in [1.29, 1.82) is 0 Å². The second-order valence-electron chi connectivity index (χ2n) is 11.5. The van der Waals surface area contributed by atoms with Crippen LogP contribution in [0.15, 0.2) is 33.7 Å². The molecule has 0 spiro atoms. The van der Waals surface area contributed by atoms with Crippen LogP contribution in [-0.4, -0.2) is 87.6 Å². The number of ketones is 2. The van der Waals surface area contributed by atoms with E-state index in [2.05, 4.69) is 10.3 Å². The van der Waals surface area contributed by atoms with E-state index in [1.165, 1.54) is 19.0 Å². The third-order valence-corrected chi connectivity index (χ3v) is 8.48. The lowest BCUT2D eigenvalue weighted by Crippen LogP contribution is -2.65. The van der Waals surface area contributed by atoms with Gasteiger partial charge in [-0.25, -0.2) is 0 Å². The number of nitrogens with two attached hydrogens (primary N) is 1. The largest absolute Gasteiger partial charge is 0.508 e. The fourth-order valence-electron chi connectivity index (χ4n) is 6.54. The number of nitrogens with one attached hydrogen (secondary N) is 1. The summed E-state index contributed by atoms with van der Waals surface area (Å²) in [4.78, 5) is 45.8. The van der Waals surface area contributed by atoms with Crippen molar-refractivity contribution in [2.45, 2.75) is 37.2 Å². The first-order valence-electron chi connectivity index (χ1n) is 13.4. The Hall–Kier alpha value is -4.57. The molecule has 1 amide bonds. The molecule has 1 fully saturated rings. The number of nitrogens with zero attached hydrogens (tertiary/aromatic N) is 3. The minimum atomic E-state index is -4.74. The van der Waals surface area contributed by atoms with E-state index < -0.39 is 81.7 Å². The normalized spacial score (nSPS) is 25.2. The van der Waals surface area contributed by atoms with Gasteiger partial charge in [0.05, 0.1) is 11.6 Å². The van der Waals surface area contributed by atoms with Crippen molar-refractivity contribution in [2.75, 3.05) is 38.4 Å². The monoisotopic (exact) mass is 621 g/mol. The lowest BCUT2D eigenvalue weighted by atomic mass is 9.57. The van der Waals surface area contributed by atoms with Crippen molar-refractivity contribution >= 4 is 34.9 Å². The fourth-order valence-corrected chi connectivity index (χ4v) is 6.54. The number of anilines is 2. The lowest BCUT2D eigenvalue weighted by molar-refractivity contribution is -0.153. The van der Waals surface area contributed by atoms with Crippen molar-refractivity contribution in [3.63, 3.8) is 0 Å². The summed E-state index contributed by atoms with van der Waals surface area (Å²) in [5.41, 5.74) is 0.911. The maximum Gasteiger partial charge on any atom is 0.436 e. The zero-order chi connectivity index (χ0) is 32.6. The summed E-state index contributed by atoms with van der Waals surface area (Å²) in [6.07, 6.45) is -4.32. The maximum absolute atomic E-state index is 14.0. The molecule has 236 valence electrons. The highest BCUT2D eigenvalue weighted by atomic mass is 19.4. The number of aromatic nitrogens is 1. The predicted molar refractivity (Wildman–Crippen MR) is 147 cm³/mol. The number of aromatic hydroxyl groups is 1. The Morgan fingerprint density at radius 2 is 1.86 bits per heavy atom. The van der Waals surface area contributed by atoms with Crippen LogP contribution in [0.2, 0.25) is 0 Å². The predicted octanol–water partition coefficient (Wildman–Crippen LogP) is 1.65. The second kappa shape index (κ2) is 10.3. The van der Waals surface area contributed by atoms with Gasteiger partial charge < -0.3 is 40.8 Å². The van der Waals surface area contributed by atoms with Gasteiger partial charge in [-0.3, -0.25) is 19.3 Å². The van der Waals surface area contributed by atoms with Crippen LogP contribution < -0.4 is 16.0 Å². The Morgan fingerprint density at radius 3 is 2.41 bits per heavy atom. The van der Waals surface area contributed by atoms with E-state index in [0.29, 0.717) is 17.5 Å². The average Bonchev–Trinajstić information content (AvgIpc) is 3.39. The molecule has 5 rings (SSSR count). The van der Waals surface area contributed by atoms with Crippen LogP contribution in [0.25, 0.3) is 5.76 Å². The van der Waals surface area contributed by atoms with Gasteiger partial charge in [0, 0.05) is 43.4 Å². The number of aliphatic hydroxyl groups excluding tert-OH is 2. The molecule has 0 aliphatic heterocycles. The molecule has 44 heavy (non-hydrogen) atoms. The number of oxazole rings is 1. The molecule has 0 radical (unpaired) electrons. The topological polar surface area (TPSA) is 203 Å². The van der Waals surface area contributed by atoms with Gasteiger partial charge in [0.2, 0.25) is 5.78 Å². The Balaban J connectivity index is 1.63. The number of benzene rings is 1.